The third kappa shape index (κ3) is 3.56. The van der Waals surface area contributed by atoms with E-state index in [1.807, 2.05) is 24.3 Å². The Labute approximate surface area is 160 Å². The molecule has 2 heteroatoms. The summed E-state index contributed by atoms with van der Waals surface area (Å²) in [4.78, 5) is 4.86. The maximum atomic E-state index is 6.29. The van der Waals surface area contributed by atoms with Crippen LogP contribution in [-0.2, 0) is 16.7 Å². The zero-order valence-corrected chi connectivity index (χ0v) is 15.7. The molecule has 1 atom stereocenters. The van der Waals surface area contributed by atoms with Crippen LogP contribution in [0.15, 0.2) is 96.0 Å². The van der Waals surface area contributed by atoms with Crippen molar-refractivity contribution < 1.29 is 4.74 Å². The van der Waals surface area contributed by atoms with Crippen molar-refractivity contribution in [2.45, 2.75) is 25.8 Å². The summed E-state index contributed by atoms with van der Waals surface area (Å²) in [5.41, 5.74) is 4.29. The Morgan fingerprint density at radius 3 is 2.11 bits per heavy atom. The molecule has 1 unspecified atom stereocenters. The lowest BCUT2D eigenvalue weighted by Crippen LogP contribution is -2.27. The first-order chi connectivity index (χ1) is 13.1. The van der Waals surface area contributed by atoms with Crippen LogP contribution in [0.4, 0.5) is 0 Å². The van der Waals surface area contributed by atoms with E-state index in [1.165, 1.54) is 16.7 Å². The van der Waals surface area contributed by atoms with Crippen molar-refractivity contribution in [3.63, 3.8) is 0 Å². The van der Waals surface area contributed by atoms with Crippen LogP contribution in [0.2, 0.25) is 0 Å². The fourth-order valence-corrected chi connectivity index (χ4v) is 3.36. The number of aliphatic imine (C=N–C) groups is 1. The molecule has 3 aromatic carbocycles. The second kappa shape index (κ2) is 7.24. The smallest absolute Gasteiger partial charge is 0.204 e. The summed E-state index contributed by atoms with van der Waals surface area (Å²) in [6, 6.07) is 29.1. The number of hydrogen-bond donors (Lipinski definition) is 0. The highest BCUT2D eigenvalue weighted by Gasteiger charge is 2.39. The van der Waals surface area contributed by atoms with Gasteiger partial charge in [0, 0.05) is 5.56 Å². The average Bonchev–Trinajstić information content (AvgIpc) is 3.06. The van der Waals surface area contributed by atoms with Crippen LogP contribution < -0.4 is 0 Å². The zero-order chi connectivity index (χ0) is 18.7. The van der Waals surface area contributed by atoms with Gasteiger partial charge in [0.15, 0.2) is 0 Å². The van der Waals surface area contributed by atoms with Gasteiger partial charge in [-0.2, -0.15) is 0 Å². The van der Waals surface area contributed by atoms with Crippen molar-refractivity contribution in [3.05, 3.63) is 113 Å². The van der Waals surface area contributed by atoms with Crippen molar-refractivity contribution in [1.29, 1.82) is 0 Å². The summed E-state index contributed by atoms with van der Waals surface area (Å²) in [6.07, 6.45) is 2.19. The van der Waals surface area contributed by atoms with Crippen molar-refractivity contribution in [2.75, 3.05) is 0 Å². The minimum atomic E-state index is -0.379. The normalized spacial score (nSPS) is 20.4. The van der Waals surface area contributed by atoms with E-state index in [-0.39, 0.29) is 5.41 Å². The molecule has 0 saturated carbocycles. The summed E-state index contributed by atoms with van der Waals surface area (Å²) in [5.74, 6) is 1.61. The van der Waals surface area contributed by atoms with Gasteiger partial charge in [-0.25, -0.2) is 4.99 Å². The fraction of sp³-hybridized carbons (Fsp3) is 0.160. The molecule has 0 spiro atoms. The Kier molecular flexibility index (Phi) is 4.64. The molecule has 0 N–H and O–H groups in total. The minimum absolute atomic E-state index is 0.379. The molecule has 0 radical (unpaired) electrons. The molecule has 0 fully saturated rings. The largest absolute Gasteiger partial charge is 0.442 e. The second-order valence-corrected chi connectivity index (χ2v) is 7.15. The van der Waals surface area contributed by atoms with E-state index >= 15 is 0 Å². The summed E-state index contributed by atoms with van der Waals surface area (Å²) in [5, 5.41) is 0. The number of benzene rings is 3. The molecule has 134 valence electrons. The van der Waals surface area contributed by atoms with E-state index in [0.29, 0.717) is 6.54 Å². The molecule has 1 aliphatic heterocycles. The fourth-order valence-electron chi connectivity index (χ4n) is 3.36. The number of rotatable bonds is 4. The molecular formula is C25H23NO. The monoisotopic (exact) mass is 353 g/mol. The first-order valence-corrected chi connectivity index (χ1v) is 9.27. The molecule has 3 aromatic rings. The lowest BCUT2D eigenvalue weighted by Gasteiger charge is -2.21. The van der Waals surface area contributed by atoms with Crippen molar-refractivity contribution in [3.8, 4) is 0 Å². The number of aryl methyl sites for hydroxylation is 1. The summed E-state index contributed by atoms with van der Waals surface area (Å²) < 4.78 is 6.29. The van der Waals surface area contributed by atoms with Gasteiger partial charge in [0.25, 0.3) is 0 Å². The van der Waals surface area contributed by atoms with E-state index in [2.05, 4.69) is 80.6 Å². The first-order valence-electron chi connectivity index (χ1n) is 9.27. The molecule has 1 heterocycles. The van der Waals surface area contributed by atoms with Crippen LogP contribution in [-0.4, -0.2) is 5.90 Å². The third-order valence-corrected chi connectivity index (χ3v) is 5.03. The average molecular weight is 353 g/mol. The second-order valence-electron chi connectivity index (χ2n) is 7.15. The van der Waals surface area contributed by atoms with Gasteiger partial charge < -0.3 is 4.74 Å². The zero-order valence-electron chi connectivity index (χ0n) is 15.7. The highest BCUT2D eigenvalue weighted by Crippen LogP contribution is 2.39. The van der Waals surface area contributed by atoms with E-state index in [4.69, 9.17) is 9.73 Å². The van der Waals surface area contributed by atoms with E-state index in [9.17, 15) is 0 Å². The minimum Gasteiger partial charge on any atom is -0.442 e. The maximum absolute atomic E-state index is 6.29. The Morgan fingerprint density at radius 2 is 1.44 bits per heavy atom. The molecule has 0 aliphatic carbocycles. The molecule has 0 aromatic heterocycles. The maximum Gasteiger partial charge on any atom is 0.204 e. The standard InChI is InChI=1S/C25H23NO/c1-19-13-15-21(16-14-19)23-17-25(2,22-11-7-4-8-12-22)24(27-23)26-18-20-9-5-3-6-10-20/h3-17H,18H2,1-2H3. The van der Waals surface area contributed by atoms with Crippen LogP contribution in [0.5, 0.6) is 0 Å². The molecule has 1 aliphatic rings. The van der Waals surface area contributed by atoms with Gasteiger partial charge in [-0.15, -0.1) is 0 Å². The Balaban J connectivity index is 1.73. The summed E-state index contributed by atoms with van der Waals surface area (Å²) in [7, 11) is 0. The van der Waals surface area contributed by atoms with E-state index in [1.54, 1.807) is 0 Å². The molecule has 0 saturated heterocycles. The Morgan fingerprint density at radius 1 is 0.815 bits per heavy atom. The molecule has 2 nitrogen and oxygen atoms in total. The van der Waals surface area contributed by atoms with Gasteiger partial charge in [0.2, 0.25) is 5.90 Å². The highest BCUT2D eigenvalue weighted by molar-refractivity contribution is 5.99. The van der Waals surface area contributed by atoms with Crippen molar-refractivity contribution >= 4 is 11.7 Å². The molecule has 27 heavy (non-hydrogen) atoms. The number of ether oxygens (including phenoxy) is 1. The van der Waals surface area contributed by atoms with Gasteiger partial charge in [-0.1, -0.05) is 90.5 Å². The molecule has 0 bridgehead atoms. The summed E-state index contributed by atoms with van der Waals surface area (Å²) in [6.45, 7) is 4.87. The lowest BCUT2D eigenvalue weighted by atomic mass is 9.82. The van der Waals surface area contributed by atoms with E-state index in [0.717, 1.165) is 17.2 Å². The van der Waals surface area contributed by atoms with Gasteiger partial charge in [-0.05, 0) is 31.1 Å². The quantitative estimate of drug-likeness (QED) is 0.570. The highest BCUT2D eigenvalue weighted by atomic mass is 16.5. The first kappa shape index (κ1) is 17.3. The van der Waals surface area contributed by atoms with Gasteiger partial charge in [0.1, 0.15) is 5.76 Å². The molecular weight excluding hydrogens is 330 g/mol. The van der Waals surface area contributed by atoms with Crippen LogP contribution in [0.25, 0.3) is 5.76 Å². The van der Waals surface area contributed by atoms with Gasteiger partial charge >= 0.3 is 0 Å². The third-order valence-electron chi connectivity index (χ3n) is 5.03. The predicted molar refractivity (Wildman–Crippen MR) is 112 cm³/mol. The number of nitrogens with zero attached hydrogens (tertiary/aromatic N) is 1. The van der Waals surface area contributed by atoms with Crippen LogP contribution >= 0.6 is 0 Å². The van der Waals surface area contributed by atoms with Crippen molar-refractivity contribution in [1.82, 2.24) is 0 Å². The van der Waals surface area contributed by atoms with E-state index < -0.39 is 0 Å². The summed E-state index contributed by atoms with van der Waals surface area (Å²) >= 11 is 0. The lowest BCUT2D eigenvalue weighted by molar-refractivity contribution is 0.489. The Bertz CT molecular complexity index is 972. The molecule has 4 rings (SSSR count). The van der Waals surface area contributed by atoms with Crippen LogP contribution in [0.1, 0.15) is 29.2 Å². The van der Waals surface area contributed by atoms with Crippen LogP contribution in [0, 0.1) is 6.92 Å². The van der Waals surface area contributed by atoms with Gasteiger partial charge in [0.05, 0.1) is 12.0 Å². The Hall–Kier alpha value is -3.13. The SMILES string of the molecule is Cc1ccc(C2=CC(C)(c3ccccc3)C(=NCc3ccccc3)O2)cc1. The van der Waals surface area contributed by atoms with Gasteiger partial charge in [-0.3, -0.25) is 0 Å². The van der Waals surface area contributed by atoms with Crippen molar-refractivity contribution in [2.24, 2.45) is 4.99 Å². The predicted octanol–water partition coefficient (Wildman–Crippen LogP) is 5.92. The van der Waals surface area contributed by atoms with Crippen LogP contribution in [0.3, 0.4) is 0 Å². The topological polar surface area (TPSA) is 21.6 Å². The number of hydrogen-bond acceptors (Lipinski definition) is 2. The molecule has 0 amide bonds.